The zero-order valence-corrected chi connectivity index (χ0v) is 10.4. The van der Waals surface area contributed by atoms with E-state index in [0.29, 0.717) is 0 Å². The number of nitro groups is 1. The molecule has 2 aromatic rings. The number of nitro benzene ring substituents is 1. The van der Waals surface area contributed by atoms with Crippen LogP contribution in [-0.2, 0) is 0 Å². The molecule has 1 heterocycles. The molecular formula is C12H8N4O5. The number of carboxylic acids is 1. The molecule has 1 aromatic carbocycles. The summed E-state index contributed by atoms with van der Waals surface area (Å²) in [5.41, 5.74) is -0.620. The van der Waals surface area contributed by atoms with E-state index >= 15 is 0 Å². The van der Waals surface area contributed by atoms with Gasteiger partial charge in [0.05, 0.1) is 34.1 Å². The number of rotatable bonds is 4. The van der Waals surface area contributed by atoms with Crippen molar-refractivity contribution in [1.29, 1.82) is 0 Å². The van der Waals surface area contributed by atoms with Crippen molar-refractivity contribution < 1.29 is 19.6 Å². The highest BCUT2D eigenvalue weighted by atomic mass is 16.6. The summed E-state index contributed by atoms with van der Waals surface area (Å²) in [5.74, 6) is -1.98. The number of non-ortho nitro benzene ring substituents is 1. The van der Waals surface area contributed by atoms with E-state index in [0.717, 1.165) is 18.2 Å². The van der Waals surface area contributed by atoms with Crippen LogP contribution in [0.5, 0.6) is 0 Å². The first-order valence-electron chi connectivity index (χ1n) is 5.59. The van der Waals surface area contributed by atoms with E-state index in [1.165, 1.54) is 18.5 Å². The molecule has 1 aromatic heterocycles. The number of aromatic nitrogens is 2. The predicted octanol–water partition coefficient (Wildman–Crippen LogP) is 1.34. The number of carboxylic acid groups (broad SMARTS) is 1. The van der Waals surface area contributed by atoms with E-state index in [1.54, 1.807) is 0 Å². The molecule has 0 saturated heterocycles. The maximum absolute atomic E-state index is 11.9. The van der Waals surface area contributed by atoms with Gasteiger partial charge in [0.25, 0.3) is 11.6 Å². The smallest absolute Gasteiger partial charge is 0.338 e. The Balaban J connectivity index is 2.34. The van der Waals surface area contributed by atoms with Gasteiger partial charge in [-0.25, -0.2) is 4.79 Å². The van der Waals surface area contributed by atoms with E-state index in [2.05, 4.69) is 15.5 Å². The minimum absolute atomic E-state index is 0.0464. The van der Waals surface area contributed by atoms with Crippen LogP contribution in [0.2, 0.25) is 0 Å². The van der Waals surface area contributed by atoms with E-state index in [9.17, 15) is 19.7 Å². The molecular weight excluding hydrogens is 280 g/mol. The van der Waals surface area contributed by atoms with E-state index in [-0.39, 0.29) is 22.5 Å². The van der Waals surface area contributed by atoms with Gasteiger partial charge in [-0.3, -0.25) is 14.9 Å². The molecule has 0 atom stereocenters. The number of hydrogen-bond donors (Lipinski definition) is 2. The number of nitrogens with zero attached hydrogens (tertiary/aromatic N) is 3. The Morgan fingerprint density at radius 3 is 2.57 bits per heavy atom. The van der Waals surface area contributed by atoms with E-state index < -0.39 is 16.8 Å². The lowest BCUT2D eigenvalue weighted by Crippen LogP contribution is -2.15. The maximum Gasteiger partial charge on any atom is 0.338 e. The van der Waals surface area contributed by atoms with Crippen LogP contribution in [0.3, 0.4) is 0 Å². The molecule has 0 aliphatic rings. The Hall–Kier alpha value is -3.36. The van der Waals surface area contributed by atoms with Crippen molar-refractivity contribution in [2.45, 2.75) is 0 Å². The molecule has 9 nitrogen and oxygen atoms in total. The molecule has 9 heteroatoms. The summed E-state index contributed by atoms with van der Waals surface area (Å²) in [6.07, 6.45) is 2.52. The SMILES string of the molecule is O=C(Nc1ccc([N+](=O)[O-])cc1C(=O)O)c1ccnnc1. The van der Waals surface area contributed by atoms with E-state index in [1.807, 2.05) is 0 Å². The van der Waals surface area contributed by atoms with Crippen molar-refractivity contribution in [3.63, 3.8) is 0 Å². The maximum atomic E-state index is 11.9. The fourth-order valence-corrected chi connectivity index (χ4v) is 1.55. The summed E-state index contributed by atoms with van der Waals surface area (Å²) in [6.45, 7) is 0. The van der Waals surface area contributed by atoms with Crippen molar-refractivity contribution in [3.8, 4) is 0 Å². The van der Waals surface area contributed by atoms with Gasteiger partial charge in [0.1, 0.15) is 0 Å². The third-order valence-electron chi connectivity index (χ3n) is 2.54. The van der Waals surface area contributed by atoms with Crippen molar-refractivity contribution in [2.24, 2.45) is 0 Å². The summed E-state index contributed by atoms with van der Waals surface area (Å²) in [6, 6.07) is 4.54. The molecule has 0 spiro atoms. The topological polar surface area (TPSA) is 135 Å². The number of amides is 1. The van der Waals surface area contributed by atoms with Crippen molar-refractivity contribution in [1.82, 2.24) is 10.2 Å². The molecule has 0 aliphatic carbocycles. The Kier molecular flexibility index (Phi) is 3.84. The van der Waals surface area contributed by atoms with Crippen LogP contribution in [0.4, 0.5) is 11.4 Å². The van der Waals surface area contributed by atoms with Gasteiger partial charge >= 0.3 is 5.97 Å². The van der Waals surface area contributed by atoms with Gasteiger partial charge in [-0.2, -0.15) is 10.2 Å². The van der Waals surface area contributed by atoms with Gasteiger partial charge in [0, 0.05) is 12.1 Å². The Bertz CT molecular complexity index is 717. The molecule has 0 aliphatic heterocycles. The number of nitrogens with one attached hydrogen (secondary N) is 1. The van der Waals surface area contributed by atoms with Gasteiger partial charge < -0.3 is 10.4 Å². The van der Waals surface area contributed by atoms with Crippen molar-refractivity contribution in [2.75, 3.05) is 5.32 Å². The minimum Gasteiger partial charge on any atom is -0.478 e. The molecule has 0 radical (unpaired) electrons. The molecule has 21 heavy (non-hydrogen) atoms. The predicted molar refractivity (Wildman–Crippen MR) is 70.0 cm³/mol. The van der Waals surface area contributed by atoms with Crippen molar-refractivity contribution >= 4 is 23.3 Å². The first-order valence-corrected chi connectivity index (χ1v) is 5.59. The molecule has 106 valence electrons. The lowest BCUT2D eigenvalue weighted by molar-refractivity contribution is -0.384. The lowest BCUT2D eigenvalue weighted by Gasteiger charge is -2.08. The second-order valence-electron chi connectivity index (χ2n) is 3.88. The fourth-order valence-electron chi connectivity index (χ4n) is 1.55. The van der Waals surface area contributed by atoms with Crippen LogP contribution in [0, 0.1) is 10.1 Å². The third kappa shape index (κ3) is 3.15. The van der Waals surface area contributed by atoms with Crippen LogP contribution in [0.15, 0.2) is 36.7 Å². The molecule has 0 unspecified atom stereocenters. The van der Waals surface area contributed by atoms with Crippen LogP contribution >= 0.6 is 0 Å². The molecule has 0 bridgehead atoms. The number of benzene rings is 1. The second-order valence-corrected chi connectivity index (χ2v) is 3.88. The largest absolute Gasteiger partial charge is 0.478 e. The van der Waals surface area contributed by atoms with Gasteiger partial charge in [0.15, 0.2) is 0 Å². The van der Waals surface area contributed by atoms with Crippen LogP contribution in [0.25, 0.3) is 0 Å². The molecule has 0 fully saturated rings. The van der Waals surface area contributed by atoms with Gasteiger partial charge in [-0.15, -0.1) is 0 Å². The lowest BCUT2D eigenvalue weighted by atomic mass is 10.1. The molecule has 2 N–H and O–H groups in total. The normalized spacial score (nSPS) is 9.90. The van der Waals surface area contributed by atoms with Gasteiger partial charge in [0.2, 0.25) is 0 Å². The number of hydrogen-bond acceptors (Lipinski definition) is 6. The summed E-state index contributed by atoms with van der Waals surface area (Å²) in [5, 5.41) is 29.1. The zero-order chi connectivity index (χ0) is 15.4. The summed E-state index contributed by atoms with van der Waals surface area (Å²) >= 11 is 0. The van der Waals surface area contributed by atoms with E-state index in [4.69, 9.17) is 5.11 Å². The Morgan fingerprint density at radius 2 is 2.00 bits per heavy atom. The standard InChI is InChI=1S/C12H8N4O5/c17-11(7-3-4-13-14-6-7)15-10-2-1-8(16(20)21)5-9(10)12(18)19/h1-6H,(H,15,17)(H,18,19). The zero-order valence-electron chi connectivity index (χ0n) is 10.4. The third-order valence-corrected chi connectivity index (χ3v) is 2.54. The average molecular weight is 288 g/mol. The highest BCUT2D eigenvalue weighted by Crippen LogP contribution is 2.22. The summed E-state index contributed by atoms with van der Waals surface area (Å²) in [4.78, 5) is 32.9. The molecule has 1 amide bonds. The summed E-state index contributed by atoms with van der Waals surface area (Å²) in [7, 11) is 0. The monoisotopic (exact) mass is 288 g/mol. The number of carbonyl (C=O) groups is 2. The van der Waals surface area contributed by atoms with Gasteiger partial charge in [-0.05, 0) is 12.1 Å². The van der Waals surface area contributed by atoms with Crippen LogP contribution < -0.4 is 5.32 Å². The van der Waals surface area contributed by atoms with Crippen molar-refractivity contribution in [3.05, 3.63) is 57.9 Å². The molecule has 2 rings (SSSR count). The average Bonchev–Trinajstić information content (AvgIpc) is 2.48. The first-order chi connectivity index (χ1) is 9.99. The Morgan fingerprint density at radius 1 is 1.24 bits per heavy atom. The highest BCUT2D eigenvalue weighted by molar-refractivity contribution is 6.07. The fraction of sp³-hybridized carbons (Fsp3) is 0. The first kappa shape index (κ1) is 14.1. The number of carbonyl (C=O) groups excluding carboxylic acids is 1. The minimum atomic E-state index is -1.39. The van der Waals surface area contributed by atoms with Crippen LogP contribution in [0.1, 0.15) is 20.7 Å². The Labute approximate surface area is 117 Å². The highest BCUT2D eigenvalue weighted by Gasteiger charge is 2.18. The number of anilines is 1. The number of aromatic carboxylic acids is 1. The van der Waals surface area contributed by atoms with Gasteiger partial charge in [-0.1, -0.05) is 0 Å². The van der Waals surface area contributed by atoms with Crippen LogP contribution in [-0.4, -0.2) is 32.1 Å². The quantitative estimate of drug-likeness (QED) is 0.639. The molecule has 0 saturated carbocycles. The summed E-state index contributed by atoms with van der Waals surface area (Å²) < 4.78 is 0. The second kappa shape index (κ2) is 5.74.